The Morgan fingerprint density at radius 1 is 0.703 bits per heavy atom. The van der Waals surface area contributed by atoms with E-state index < -0.39 is 0 Å². The third-order valence-corrected chi connectivity index (χ3v) is 7.97. The second kappa shape index (κ2) is 27.2. The van der Waals surface area contributed by atoms with Gasteiger partial charge in [-0.25, -0.2) is 5.57 Å². The number of nitrogens with one attached hydrogen (secondary N) is 1. The van der Waals surface area contributed by atoms with Gasteiger partial charge in [0, 0.05) is 0 Å². The van der Waals surface area contributed by atoms with E-state index in [0.717, 1.165) is 6.42 Å². The van der Waals surface area contributed by atoms with Crippen LogP contribution in [0.15, 0.2) is 41.0 Å². The summed E-state index contributed by atoms with van der Waals surface area (Å²) >= 11 is 0. The first-order valence-electron chi connectivity index (χ1n) is 15.0. The quantitative estimate of drug-likeness (QED) is 0.110. The molecule has 0 spiro atoms. The van der Waals surface area contributed by atoms with Gasteiger partial charge in [-0.3, -0.25) is 6.08 Å². The molecule has 0 bridgehead atoms. The normalized spacial score (nSPS) is 14.3. The maximum atomic E-state index is 7.08. The Balaban J connectivity index is 0. The van der Waals surface area contributed by atoms with Crippen LogP contribution in [0.2, 0.25) is 0 Å². The fourth-order valence-corrected chi connectivity index (χ4v) is 4.59. The molecular formula is C34H58NSiTi. The molecule has 2 rings (SSSR count). The van der Waals surface area contributed by atoms with Crippen LogP contribution in [0, 0.1) is 18.9 Å². The molecule has 1 unspecified atom stereocenters. The van der Waals surface area contributed by atoms with Gasteiger partial charge in [-0.15, -0.1) is 6.92 Å². The number of rotatable bonds is 16. The van der Waals surface area contributed by atoms with Crippen LogP contribution in [0.3, 0.4) is 0 Å². The molecule has 0 saturated carbocycles. The van der Waals surface area contributed by atoms with Gasteiger partial charge in [0.05, 0.1) is 10.2 Å². The number of allylic oxidation sites excluding steroid dienone is 4. The SMILES string of the molecule is CC1=[C-]C(C)C(C)=C1C.CCCCCCCCCCCCCCCCCC[NH-].Cc1ccccc1[Si].[Ti+2]. The minimum Gasteiger partial charge on any atom is -0.677 e. The molecule has 3 radical (unpaired) electrons. The van der Waals surface area contributed by atoms with E-state index >= 15 is 0 Å². The topological polar surface area (TPSA) is 23.8 Å². The van der Waals surface area contributed by atoms with Gasteiger partial charge in [0.2, 0.25) is 0 Å². The predicted molar refractivity (Wildman–Crippen MR) is 165 cm³/mol. The van der Waals surface area contributed by atoms with Gasteiger partial charge in [-0.05, 0) is 6.92 Å². The van der Waals surface area contributed by atoms with E-state index in [9.17, 15) is 0 Å². The van der Waals surface area contributed by atoms with E-state index in [1.807, 2.05) is 18.2 Å². The van der Waals surface area contributed by atoms with Crippen molar-refractivity contribution in [3.05, 3.63) is 58.4 Å². The summed E-state index contributed by atoms with van der Waals surface area (Å²) in [6.45, 7) is 13.7. The van der Waals surface area contributed by atoms with E-state index in [4.69, 9.17) is 5.73 Å². The summed E-state index contributed by atoms with van der Waals surface area (Å²) in [7, 11) is 3.44. The predicted octanol–water partition coefficient (Wildman–Crippen LogP) is 10.8. The molecule has 1 aliphatic carbocycles. The Bertz CT molecular complexity index is 673. The average molecular weight is 557 g/mol. The zero-order valence-corrected chi connectivity index (χ0v) is 28.0. The van der Waals surface area contributed by atoms with Crippen LogP contribution in [-0.4, -0.2) is 16.8 Å². The van der Waals surface area contributed by atoms with Crippen molar-refractivity contribution in [3.8, 4) is 0 Å². The number of hydrogen-bond donors (Lipinski definition) is 0. The van der Waals surface area contributed by atoms with Gasteiger partial charge in [0.15, 0.2) is 0 Å². The molecule has 1 N–H and O–H groups in total. The molecule has 0 amide bonds. The zero-order valence-electron chi connectivity index (χ0n) is 25.4. The molecule has 1 aromatic rings. The number of unbranched alkanes of at least 4 members (excludes halogenated alkanes) is 15. The molecule has 207 valence electrons. The van der Waals surface area contributed by atoms with Crippen LogP contribution in [0.1, 0.15) is 143 Å². The third-order valence-electron chi connectivity index (χ3n) is 7.41. The molecule has 37 heavy (non-hydrogen) atoms. The zero-order chi connectivity index (χ0) is 27.0. The molecule has 1 atom stereocenters. The first-order chi connectivity index (χ1) is 17.3. The first kappa shape index (κ1) is 38.7. The molecule has 0 aromatic heterocycles. The van der Waals surface area contributed by atoms with Crippen molar-refractivity contribution < 1.29 is 21.7 Å². The minimum atomic E-state index is 0. The molecule has 3 heteroatoms. The molecule has 0 heterocycles. The molecule has 1 nitrogen and oxygen atoms in total. The standard InChI is InChI=1S/C18H38N.C9H13.C7H7Si.Ti/c1-2-3-4-5-6-7-8-9-10-11-12-13-14-15-16-17-18-19;1-6-5-7(2)9(4)8(6)3;1-6-4-2-3-5-7(6)8;/h19H,2-18H2,1H3;6H,1-4H3;2-5H,1H3;/q2*-1;;+2. The van der Waals surface area contributed by atoms with E-state index in [2.05, 4.69) is 63.9 Å². The van der Waals surface area contributed by atoms with Crippen LogP contribution in [-0.2, 0) is 21.7 Å². The van der Waals surface area contributed by atoms with Gasteiger partial charge >= 0.3 is 21.7 Å². The first-order valence-corrected chi connectivity index (χ1v) is 15.5. The summed E-state index contributed by atoms with van der Waals surface area (Å²) in [4.78, 5) is 0. The fraction of sp³-hybridized carbons (Fsp3) is 0.706. The third kappa shape index (κ3) is 22.1. The van der Waals surface area contributed by atoms with Crippen LogP contribution >= 0.6 is 0 Å². The van der Waals surface area contributed by atoms with Gasteiger partial charge in [-0.1, -0.05) is 171 Å². The summed E-state index contributed by atoms with van der Waals surface area (Å²) in [6.07, 6.45) is 25.9. The van der Waals surface area contributed by atoms with E-state index in [0.29, 0.717) is 12.5 Å². The molecule has 1 aliphatic rings. The largest absolute Gasteiger partial charge is 2.00 e. The molecule has 0 aliphatic heterocycles. The maximum absolute atomic E-state index is 7.08. The van der Waals surface area contributed by atoms with Crippen LogP contribution < -0.4 is 5.19 Å². The number of hydrogen-bond acceptors (Lipinski definition) is 0. The maximum Gasteiger partial charge on any atom is 2.00 e. The number of aryl methyl sites for hydroxylation is 1. The molecule has 0 saturated heterocycles. The van der Waals surface area contributed by atoms with Crippen LogP contribution in [0.5, 0.6) is 0 Å². The monoisotopic (exact) mass is 556 g/mol. The second-order valence-corrected chi connectivity index (χ2v) is 11.2. The molecule has 0 fully saturated rings. The van der Waals surface area contributed by atoms with Crippen molar-refractivity contribution in [1.82, 2.24) is 0 Å². The number of benzene rings is 1. The second-order valence-electron chi connectivity index (χ2n) is 10.7. The minimum absolute atomic E-state index is 0. The Hall–Kier alpha value is -0.409. The van der Waals surface area contributed by atoms with Gasteiger partial charge < -0.3 is 5.73 Å². The van der Waals surface area contributed by atoms with Crippen molar-refractivity contribution in [2.24, 2.45) is 5.92 Å². The Kier molecular flexibility index (Phi) is 28.4. The Labute approximate surface area is 251 Å². The summed E-state index contributed by atoms with van der Waals surface area (Å²) < 4.78 is 0. The van der Waals surface area contributed by atoms with Crippen molar-refractivity contribution in [3.63, 3.8) is 0 Å². The van der Waals surface area contributed by atoms with Gasteiger partial charge in [0.25, 0.3) is 0 Å². The van der Waals surface area contributed by atoms with Crippen molar-refractivity contribution >= 4 is 15.4 Å². The average Bonchev–Trinajstić information content (AvgIpc) is 3.09. The Morgan fingerprint density at radius 2 is 1.11 bits per heavy atom. The summed E-state index contributed by atoms with van der Waals surface area (Å²) in [5.74, 6) is 0.560. The fourth-order valence-electron chi connectivity index (χ4n) is 4.41. The van der Waals surface area contributed by atoms with E-state index in [-0.39, 0.29) is 21.7 Å². The van der Waals surface area contributed by atoms with Crippen molar-refractivity contribution in [2.75, 3.05) is 6.54 Å². The summed E-state index contributed by atoms with van der Waals surface area (Å²) in [6, 6.07) is 8.14. The van der Waals surface area contributed by atoms with Crippen LogP contribution in [0.25, 0.3) is 5.73 Å². The van der Waals surface area contributed by atoms with Crippen molar-refractivity contribution in [2.45, 2.75) is 144 Å². The van der Waals surface area contributed by atoms with E-state index in [1.165, 1.54) is 124 Å². The van der Waals surface area contributed by atoms with Gasteiger partial charge in [0.1, 0.15) is 0 Å². The summed E-state index contributed by atoms with van der Waals surface area (Å²) in [5.41, 5.74) is 12.6. The molecular weight excluding hydrogens is 498 g/mol. The van der Waals surface area contributed by atoms with Crippen molar-refractivity contribution in [1.29, 1.82) is 0 Å². The van der Waals surface area contributed by atoms with E-state index in [1.54, 1.807) is 0 Å². The summed E-state index contributed by atoms with van der Waals surface area (Å²) in [5, 5.41) is 1.17. The molecule has 1 aromatic carbocycles. The van der Waals surface area contributed by atoms with Gasteiger partial charge in [-0.2, -0.15) is 17.7 Å². The van der Waals surface area contributed by atoms with Crippen LogP contribution in [0.4, 0.5) is 0 Å². The Morgan fingerprint density at radius 3 is 1.35 bits per heavy atom. The smallest absolute Gasteiger partial charge is 0.677 e.